The Balaban J connectivity index is 1.23. The van der Waals surface area contributed by atoms with Gasteiger partial charge in [-0.2, -0.15) is 0 Å². The Morgan fingerprint density at radius 2 is 2.07 bits per heavy atom. The van der Waals surface area contributed by atoms with Gasteiger partial charge in [0.1, 0.15) is 0 Å². The number of hydrogen-bond donors (Lipinski definition) is 1. The van der Waals surface area contributed by atoms with E-state index in [4.69, 9.17) is 14.5 Å². The largest absolute Gasteiger partial charge is 0.379 e. The summed E-state index contributed by atoms with van der Waals surface area (Å²) in [4.78, 5) is 9.93. The van der Waals surface area contributed by atoms with Gasteiger partial charge in [-0.05, 0) is 50.2 Å². The average Bonchev–Trinajstić information content (AvgIpc) is 3.29. The van der Waals surface area contributed by atoms with Crippen molar-refractivity contribution in [2.75, 3.05) is 59.1 Å². The monoisotopic (exact) mass is 414 g/mol. The van der Waals surface area contributed by atoms with E-state index in [9.17, 15) is 0 Å². The zero-order valence-corrected chi connectivity index (χ0v) is 18.5. The third-order valence-corrected chi connectivity index (χ3v) is 6.56. The number of fused-ring (bicyclic) bond motifs is 1. The molecule has 1 aromatic carbocycles. The van der Waals surface area contributed by atoms with Crippen molar-refractivity contribution in [3.63, 3.8) is 0 Å². The Kier molecular flexibility index (Phi) is 8.01. The fraction of sp³-hybridized carbons (Fsp3) is 0.708. The van der Waals surface area contributed by atoms with Gasteiger partial charge >= 0.3 is 0 Å². The Hall–Kier alpha value is -1.63. The predicted molar refractivity (Wildman–Crippen MR) is 121 cm³/mol. The van der Waals surface area contributed by atoms with Gasteiger partial charge in [0, 0.05) is 51.9 Å². The molecule has 6 heteroatoms. The topological polar surface area (TPSA) is 49.3 Å². The number of nitrogens with one attached hydrogen (secondary N) is 1. The Morgan fingerprint density at radius 3 is 2.93 bits per heavy atom. The summed E-state index contributed by atoms with van der Waals surface area (Å²) in [5.41, 5.74) is 2.86. The minimum absolute atomic E-state index is 0.264. The van der Waals surface area contributed by atoms with Crippen LogP contribution in [0.3, 0.4) is 0 Å². The predicted octanol–water partition coefficient (Wildman–Crippen LogP) is 2.84. The molecule has 0 bridgehead atoms. The minimum Gasteiger partial charge on any atom is -0.379 e. The van der Waals surface area contributed by atoms with E-state index >= 15 is 0 Å². The van der Waals surface area contributed by atoms with Crippen molar-refractivity contribution in [3.8, 4) is 0 Å². The van der Waals surface area contributed by atoms with Gasteiger partial charge in [-0.25, -0.2) is 0 Å². The maximum atomic E-state index is 6.25. The quantitative estimate of drug-likeness (QED) is 0.422. The maximum Gasteiger partial charge on any atom is 0.193 e. The van der Waals surface area contributed by atoms with Crippen molar-refractivity contribution in [1.29, 1.82) is 0 Å². The summed E-state index contributed by atoms with van der Waals surface area (Å²) in [7, 11) is 0. The number of likely N-dealkylation sites (tertiary alicyclic amines) is 1. The molecule has 0 aromatic heterocycles. The van der Waals surface area contributed by atoms with E-state index in [1.165, 1.54) is 30.4 Å². The summed E-state index contributed by atoms with van der Waals surface area (Å²) < 4.78 is 11.8. The van der Waals surface area contributed by atoms with Crippen LogP contribution in [0.15, 0.2) is 29.3 Å². The lowest BCUT2D eigenvalue weighted by molar-refractivity contribution is 0.0195. The second-order valence-corrected chi connectivity index (χ2v) is 8.58. The molecule has 0 saturated carbocycles. The van der Waals surface area contributed by atoms with Gasteiger partial charge in [-0.15, -0.1) is 0 Å². The van der Waals surface area contributed by atoms with Gasteiger partial charge in [0.15, 0.2) is 5.96 Å². The van der Waals surface area contributed by atoms with E-state index in [0.717, 1.165) is 77.9 Å². The molecule has 1 aromatic rings. The zero-order chi connectivity index (χ0) is 20.6. The number of aliphatic imine (C=N–C) groups is 1. The van der Waals surface area contributed by atoms with Crippen molar-refractivity contribution in [2.45, 2.75) is 51.2 Å². The smallest absolute Gasteiger partial charge is 0.193 e. The summed E-state index contributed by atoms with van der Waals surface area (Å²) in [5, 5.41) is 3.49. The lowest BCUT2D eigenvalue weighted by Crippen LogP contribution is -2.46. The fourth-order valence-electron chi connectivity index (χ4n) is 4.96. The van der Waals surface area contributed by atoms with Gasteiger partial charge in [-0.3, -0.25) is 9.89 Å². The van der Waals surface area contributed by atoms with Crippen molar-refractivity contribution in [2.24, 2.45) is 4.99 Å². The molecule has 2 unspecified atom stereocenters. The third kappa shape index (κ3) is 5.54. The van der Waals surface area contributed by atoms with Crippen LogP contribution in [-0.2, 0) is 15.9 Å². The summed E-state index contributed by atoms with van der Waals surface area (Å²) in [6, 6.07) is 9.39. The van der Waals surface area contributed by atoms with Crippen LogP contribution < -0.4 is 5.32 Å². The molecule has 2 heterocycles. The number of ether oxygens (including phenoxy) is 2. The maximum absolute atomic E-state index is 6.25. The number of nitrogens with zero attached hydrogens (tertiary/aromatic N) is 3. The molecular formula is C24H38N4O2. The first-order valence-corrected chi connectivity index (χ1v) is 11.9. The first-order valence-electron chi connectivity index (χ1n) is 11.9. The summed E-state index contributed by atoms with van der Waals surface area (Å²) in [6.45, 7) is 10.7. The molecule has 30 heavy (non-hydrogen) atoms. The molecule has 2 saturated heterocycles. The van der Waals surface area contributed by atoms with Gasteiger partial charge in [-0.1, -0.05) is 24.3 Å². The second-order valence-electron chi connectivity index (χ2n) is 8.58. The molecule has 2 atom stereocenters. The summed E-state index contributed by atoms with van der Waals surface area (Å²) in [5.74, 6) is 1.07. The standard InChI is InChI=1S/C24H38N4O2/c1-2-25-24(28-13-11-21(19-28)27-14-17-29-18-15-27)26-12-6-16-30-23-10-5-8-20-7-3-4-9-22(20)23/h3-4,7,9,21,23H,2,5-6,8,10-19H2,1H3,(H,25,26). The lowest BCUT2D eigenvalue weighted by Gasteiger charge is -2.32. The Bertz CT molecular complexity index is 690. The lowest BCUT2D eigenvalue weighted by atomic mass is 9.89. The van der Waals surface area contributed by atoms with Crippen LogP contribution >= 0.6 is 0 Å². The minimum atomic E-state index is 0.264. The van der Waals surface area contributed by atoms with Gasteiger partial charge in [0.05, 0.1) is 19.3 Å². The molecule has 0 amide bonds. The molecular weight excluding hydrogens is 376 g/mol. The highest BCUT2D eigenvalue weighted by Gasteiger charge is 2.30. The van der Waals surface area contributed by atoms with Crippen molar-refractivity contribution < 1.29 is 9.47 Å². The highest BCUT2D eigenvalue weighted by Crippen LogP contribution is 2.32. The van der Waals surface area contributed by atoms with E-state index in [-0.39, 0.29) is 6.10 Å². The van der Waals surface area contributed by atoms with Crippen LogP contribution in [0.5, 0.6) is 0 Å². The van der Waals surface area contributed by atoms with Crippen LogP contribution in [0.4, 0.5) is 0 Å². The van der Waals surface area contributed by atoms with Crippen LogP contribution in [0, 0.1) is 0 Å². The first kappa shape index (κ1) is 21.6. The molecule has 2 aliphatic heterocycles. The van der Waals surface area contributed by atoms with E-state index < -0.39 is 0 Å². The van der Waals surface area contributed by atoms with Crippen molar-refractivity contribution in [1.82, 2.24) is 15.1 Å². The molecule has 0 spiro atoms. The SMILES string of the molecule is CCNC(=NCCCOC1CCCc2ccccc21)N1CCC(N2CCOCC2)C1. The molecule has 166 valence electrons. The highest BCUT2D eigenvalue weighted by atomic mass is 16.5. The number of benzene rings is 1. The molecule has 2 fully saturated rings. The van der Waals surface area contributed by atoms with E-state index in [1.807, 2.05) is 0 Å². The zero-order valence-electron chi connectivity index (χ0n) is 18.5. The van der Waals surface area contributed by atoms with Crippen LogP contribution in [0.1, 0.15) is 49.8 Å². The normalized spacial score (nSPS) is 25.4. The Morgan fingerprint density at radius 1 is 1.20 bits per heavy atom. The van der Waals surface area contributed by atoms with Gasteiger partial charge < -0.3 is 19.7 Å². The number of aryl methyl sites for hydroxylation is 1. The van der Waals surface area contributed by atoms with E-state index in [2.05, 4.69) is 46.3 Å². The molecule has 3 aliphatic rings. The van der Waals surface area contributed by atoms with E-state index in [1.54, 1.807) is 0 Å². The summed E-state index contributed by atoms with van der Waals surface area (Å²) >= 11 is 0. The van der Waals surface area contributed by atoms with Crippen molar-refractivity contribution >= 4 is 5.96 Å². The van der Waals surface area contributed by atoms with E-state index in [0.29, 0.717) is 6.04 Å². The molecule has 0 radical (unpaired) electrons. The van der Waals surface area contributed by atoms with Gasteiger partial charge in [0.25, 0.3) is 0 Å². The molecule has 4 rings (SSSR count). The number of morpholine rings is 1. The Labute approximate surface area is 181 Å². The highest BCUT2D eigenvalue weighted by molar-refractivity contribution is 5.80. The fourth-order valence-corrected chi connectivity index (χ4v) is 4.96. The number of rotatable bonds is 7. The van der Waals surface area contributed by atoms with Crippen LogP contribution in [0.2, 0.25) is 0 Å². The van der Waals surface area contributed by atoms with Gasteiger partial charge in [0.2, 0.25) is 0 Å². The first-order chi connectivity index (χ1) is 14.8. The summed E-state index contributed by atoms with van der Waals surface area (Å²) in [6.07, 6.45) is 6.00. The third-order valence-electron chi connectivity index (χ3n) is 6.56. The molecule has 1 N–H and O–H groups in total. The average molecular weight is 415 g/mol. The molecule has 6 nitrogen and oxygen atoms in total. The van der Waals surface area contributed by atoms with Crippen LogP contribution in [0.25, 0.3) is 0 Å². The molecule has 1 aliphatic carbocycles. The number of hydrogen-bond acceptors (Lipinski definition) is 4. The number of guanidine groups is 1. The second kappa shape index (κ2) is 11.1. The van der Waals surface area contributed by atoms with Crippen molar-refractivity contribution in [3.05, 3.63) is 35.4 Å². The van der Waals surface area contributed by atoms with Crippen LogP contribution in [-0.4, -0.2) is 80.9 Å².